The third kappa shape index (κ3) is 4.14. The van der Waals surface area contributed by atoms with Crippen molar-refractivity contribution in [3.8, 4) is 11.6 Å². The van der Waals surface area contributed by atoms with E-state index < -0.39 is 0 Å². The number of hydrogen-bond acceptors (Lipinski definition) is 4. The summed E-state index contributed by atoms with van der Waals surface area (Å²) in [7, 11) is 1.81. The van der Waals surface area contributed by atoms with Crippen molar-refractivity contribution in [2.45, 2.75) is 19.1 Å². The van der Waals surface area contributed by atoms with Gasteiger partial charge in [-0.25, -0.2) is 9.67 Å². The predicted octanol–water partition coefficient (Wildman–Crippen LogP) is 2.50. The van der Waals surface area contributed by atoms with E-state index in [1.54, 1.807) is 12.4 Å². The van der Waals surface area contributed by atoms with Crippen LogP contribution in [0.25, 0.3) is 5.69 Å². The minimum atomic E-state index is 0.116. The Kier molecular flexibility index (Phi) is 5.51. The van der Waals surface area contributed by atoms with E-state index in [0.717, 1.165) is 36.7 Å². The fraction of sp³-hybridized carbons (Fsp3) is 0.286. The van der Waals surface area contributed by atoms with Crippen LogP contribution in [0, 0.1) is 0 Å². The number of ether oxygens (including phenoxy) is 1. The lowest BCUT2D eigenvalue weighted by atomic mass is 10.2. The van der Waals surface area contributed by atoms with Crippen LogP contribution in [-0.4, -0.2) is 51.9 Å². The van der Waals surface area contributed by atoms with Crippen molar-refractivity contribution in [3.63, 3.8) is 0 Å². The van der Waals surface area contributed by atoms with E-state index in [-0.39, 0.29) is 6.10 Å². The lowest BCUT2D eigenvalue weighted by Gasteiger charge is -2.22. The first kappa shape index (κ1) is 18.0. The minimum Gasteiger partial charge on any atom is -0.472 e. The van der Waals surface area contributed by atoms with Gasteiger partial charge in [-0.1, -0.05) is 24.3 Å². The smallest absolute Gasteiger partial charge is 0.213 e. The highest BCUT2D eigenvalue weighted by Crippen LogP contribution is 2.17. The second kappa shape index (κ2) is 8.56. The molecule has 1 atom stereocenters. The van der Waals surface area contributed by atoms with Gasteiger partial charge in [0.2, 0.25) is 5.88 Å². The number of rotatable bonds is 5. The summed E-state index contributed by atoms with van der Waals surface area (Å²) in [4.78, 5) is 10.9. The van der Waals surface area contributed by atoms with Crippen LogP contribution in [0.15, 0.2) is 72.1 Å². The fourth-order valence-corrected chi connectivity index (χ4v) is 3.41. The zero-order valence-electron chi connectivity index (χ0n) is 15.9. The van der Waals surface area contributed by atoms with Gasteiger partial charge in [0.05, 0.1) is 12.2 Å². The second-order valence-electron chi connectivity index (χ2n) is 6.62. The van der Waals surface area contributed by atoms with Gasteiger partial charge in [0.1, 0.15) is 6.10 Å². The highest BCUT2D eigenvalue weighted by molar-refractivity contribution is 5.80. The minimum absolute atomic E-state index is 0.116. The first-order chi connectivity index (χ1) is 13.8. The van der Waals surface area contributed by atoms with E-state index in [0.29, 0.717) is 12.4 Å². The summed E-state index contributed by atoms with van der Waals surface area (Å²) in [6, 6.07) is 15.9. The predicted molar refractivity (Wildman–Crippen MR) is 109 cm³/mol. The molecule has 1 N–H and O–H groups in total. The van der Waals surface area contributed by atoms with E-state index in [1.165, 1.54) is 0 Å². The first-order valence-electron chi connectivity index (χ1n) is 9.44. The molecule has 1 aliphatic rings. The van der Waals surface area contributed by atoms with Gasteiger partial charge in [0, 0.05) is 51.2 Å². The Bertz CT molecular complexity index is 910. The molecule has 1 fully saturated rings. The van der Waals surface area contributed by atoms with Gasteiger partial charge < -0.3 is 15.0 Å². The molecule has 0 amide bonds. The van der Waals surface area contributed by atoms with Gasteiger partial charge in [-0.15, -0.1) is 0 Å². The van der Waals surface area contributed by atoms with Crippen LogP contribution in [0.1, 0.15) is 12.0 Å². The maximum absolute atomic E-state index is 5.98. The highest BCUT2D eigenvalue weighted by atomic mass is 16.5. The molecule has 1 unspecified atom stereocenters. The molecule has 1 saturated heterocycles. The van der Waals surface area contributed by atoms with E-state index in [2.05, 4.69) is 37.4 Å². The van der Waals surface area contributed by atoms with Crippen molar-refractivity contribution < 1.29 is 4.74 Å². The molecule has 0 radical (unpaired) electrons. The molecule has 7 heteroatoms. The molecule has 4 rings (SSSR count). The molecule has 28 heavy (non-hydrogen) atoms. The number of nitrogens with zero attached hydrogens (tertiary/aromatic N) is 5. The van der Waals surface area contributed by atoms with Crippen molar-refractivity contribution in [2.75, 3.05) is 20.1 Å². The maximum atomic E-state index is 5.98. The first-order valence-corrected chi connectivity index (χ1v) is 9.44. The van der Waals surface area contributed by atoms with Crippen LogP contribution in [0.2, 0.25) is 0 Å². The molecule has 0 aliphatic carbocycles. The van der Waals surface area contributed by atoms with Gasteiger partial charge in [0.15, 0.2) is 5.96 Å². The van der Waals surface area contributed by atoms with Crippen LogP contribution in [0.5, 0.6) is 5.88 Å². The van der Waals surface area contributed by atoms with Crippen LogP contribution < -0.4 is 10.1 Å². The summed E-state index contributed by atoms with van der Waals surface area (Å²) in [5, 5.41) is 7.83. The molecule has 0 bridgehead atoms. The molecule has 0 spiro atoms. The number of hydrogen-bond donors (Lipinski definition) is 1. The Morgan fingerprint density at radius 3 is 2.86 bits per heavy atom. The Morgan fingerprint density at radius 2 is 2.07 bits per heavy atom. The molecule has 1 aliphatic heterocycles. The summed E-state index contributed by atoms with van der Waals surface area (Å²) in [5.41, 5.74) is 2.22. The van der Waals surface area contributed by atoms with E-state index in [4.69, 9.17) is 4.74 Å². The van der Waals surface area contributed by atoms with Gasteiger partial charge >= 0.3 is 0 Å². The summed E-state index contributed by atoms with van der Waals surface area (Å²) < 4.78 is 7.87. The van der Waals surface area contributed by atoms with Crippen molar-refractivity contribution >= 4 is 5.96 Å². The largest absolute Gasteiger partial charge is 0.472 e. The standard InChI is InChI=1S/C21H24N6O/c1-22-21(26-14-10-18(16-26)28-20-9-4-5-11-23-20)24-15-17-7-2-3-8-19(17)27-13-6-12-25-27/h2-9,11-13,18H,10,14-16H2,1H3,(H,22,24). The Balaban J connectivity index is 1.37. The number of guanidine groups is 1. The lowest BCUT2D eigenvalue weighted by molar-refractivity contribution is 0.205. The third-order valence-electron chi connectivity index (χ3n) is 4.76. The Labute approximate surface area is 164 Å². The van der Waals surface area contributed by atoms with E-state index in [9.17, 15) is 0 Å². The van der Waals surface area contributed by atoms with Crippen molar-refractivity contribution in [3.05, 3.63) is 72.7 Å². The number of aromatic nitrogens is 3. The summed E-state index contributed by atoms with van der Waals surface area (Å²) in [5.74, 6) is 1.55. The quantitative estimate of drug-likeness (QED) is 0.547. The average Bonchev–Trinajstić information content (AvgIpc) is 3.42. The van der Waals surface area contributed by atoms with E-state index >= 15 is 0 Å². The highest BCUT2D eigenvalue weighted by Gasteiger charge is 2.26. The lowest BCUT2D eigenvalue weighted by Crippen LogP contribution is -2.40. The molecule has 7 nitrogen and oxygen atoms in total. The van der Waals surface area contributed by atoms with Crippen LogP contribution in [0.3, 0.4) is 0 Å². The fourth-order valence-electron chi connectivity index (χ4n) is 3.41. The number of pyridine rings is 1. The monoisotopic (exact) mass is 376 g/mol. The molecule has 0 saturated carbocycles. The Morgan fingerprint density at radius 1 is 1.18 bits per heavy atom. The van der Waals surface area contributed by atoms with Crippen LogP contribution >= 0.6 is 0 Å². The van der Waals surface area contributed by atoms with Crippen LogP contribution in [0.4, 0.5) is 0 Å². The third-order valence-corrected chi connectivity index (χ3v) is 4.76. The van der Waals surface area contributed by atoms with Gasteiger partial charge in [0.25, 0.3) is 0 Å². The molecule has 1 aromatic carbocycles. The van der Waals surface area contributed by atoms with Gasteiger partial charge in [-0.2, -0.15) is 5.10 Å². The van der Waals surface area contributed by atoms with Gasteiger partial charge in [-0.05, 0) is 23.8 Å². The topological polar surface area (TPSA) is 67.6 Å². The van der Waals surface area contributed by atoms with E-state index in [1.807, 2.05) is 54.3 Å². The Hall–Kier alpha value is -3.35. The average molecular weight is 376 g/mol. The molecular weight excluding hydrogens is 352 g/mol. The molecule has 3 heterocycles. The summed E-state index contributed by atoms with van der Waals surface area (Å²) >= 11 is 0. The second-order valence-corrected chi connectivity index (χ2v) is 6.62. The number of benzene rings is 1. The molecule has 2 aromatic heterocycles. The van der Waals surface area contributed by atoms with Crippen LogP contribution in [-0.2, 0) is 6.54 Å². The zero-order valence-corrected chi connectivity index (χ0v) is 15.9. The number of likely N-dealkylation sites (tertiary alicyclic amines) is 1. The summed E-state index contributed by atoms with van der Waals surface area (Å²) in [6.07, 6.45) is 6.55. The normalized spacial score (nSPS) is 17.0. The van der Waals surface area contributed by atoms with Crippen molar-refractivity contribution in [1.82, 2.24) is 25.0 Å². The number of aliphatic imine (C=N–C) groups is 1. The van der Waals surface area contributed by atoms with Gasteiger partial charge in [-0.3, -0.25) is 4.99 Å². The SMILES string of the molecule is CN=C(NCc1ccccc1-n1cccn1)N1CCC(Oc2ccccn2)C1. The maximum Gasteiger partial charge on any atom is 0.213 e. The summed E-state index contributed by atoms with van der Waals surface area (Å²) in [6.45, 7) is 2.36. The molecule has 144 valence electrons. The molecule has 3 aromatic rings. The number of nitrogens with one attached hydrogen (secondary N) is 1. The van der Waals surface area contributed by atoms with Crippen molar-refractivity contribution in [1.29, 1.82) is 0 Å². The number of para-hydroxylation sites is 1. The molecular formula is C21H24N6O. The zero-order chi connectivity index (χ0) is 19.2. The van der Waals surface area contributed by atoms with Crippen molar-refractivity contribution in [2.24, 2.45) is 4.99 Å².